The van der Waals surface area contributed by atoms with Gasteiger partial charge in [0.2, 0.25) is 0 Å². The lowest BCUT2D eigenvalue weighted by molar-refractivity contribution is 0.0885. The third-order valence-corrected chi connectivity index (χ3v) is 5.39. The number of aryl methyl sites for hydroxylation is 2. The van der Waals surface area contributed by atoms with E-state index in [9.17, 15) is 19.5 Å². The van der Waals surface area contributed by atoms with Gasteiger partial charge in [-0.2, -0.15) is 0 Å². The number of carbonyl (C=O) groups is 2. The van der Waals surface area contributed by atoms with Gasteiger partial charge in [0.05, 0.1) is 16.6 Å². The highest BCUT2D eigenvalue weighted by Gasteiger charge is 2.41. The van der Waals surface area contributed by atoms with Crippen LogP contribution in [0.5, 0.6) is 5.75 Å². The molecular weight excluding hydrogens is 346 g/mol. The van der Waals surface area contributed by atoms with E-state index in [1.54, 1.807) is 44.4 Å². The Bertz CT molecular complexity index is 1280. The number of benzene rings is 2. The minimum Gasteiger partial charge on any atom is -0.508 e. The van der Waals surface area contributed by atoms with Crippen LogP contribution in [0.3, 0.4) is 0 Å². The van der Waals surface area contributed by atoms with Crippen molar-refractivity contribution < 1.29 is 14.7 Å². The van der Waals surface area contributed by atoms with Crippen LogP contribution in [0.15, 0.2) is 41.2 Å². The molecule has 1 aromatic heterocycles. The average Bonchev–Trinajstić information content (AvgIpc) is 2.86. The third-order valence-electron chi connectivity index (χ3n) is 5.39. The number of anilines is 1. The van der Waals surface area contributed by atoms with Crippen LogP contribution in [-0.4, -0.2) is 32.0 Å². The molecule has 1 unspecified atom stereocenters. The lowest BCUT2D eigenvalue weighted by Gasteiger charge is -2.36. The van der Waals surface area contributed by atoms with E-state index in [0.717, 1.165) is 5.52 Å². The Kier molecular flexibility index (Phi) is 2.88. The van der Waals surface area contributed by atoms with E-state index < -0.39 is 6.04 Å². The number of carbonyl (C=O) groups excluding carboxylic acids is 2. The topological polar surface area (TPSA) is 84.5 Å². The van der Waals surface area contributed by atoms with Crippen LogP contribution in [-0.2, 0) is 14.1 Å². The van der Waals surface area contributed by atoms with Crippen molar-refractivity contribution in [1.82, 2.24) is 9.13 Å². The first-order chi connectivity index (χ1) is 12.9. The number of fused-ring (bicyclic) bond motifs is 2. The molecule has 1 atom stereocenters. The van der Waals surface area contributed by atoms with Crippen molar-refractivity contribution in [3.8, 4) is 5.75 Å². The van der Waals surface area contributed by atoms with Crippen LogP contribution in [0.1, 0.15) is 26.3 Å². The summed E-state index contributed by atoms with van der Waals surface area (Å²) in [5.74, 6) is -0.587. The largest absolute Gasteiger partial charge is 0.508 e. The SMILES string of the molecule is Cn1c(=O)n(C)c2cc(N3C(=O)c4cc(O)cc5c4C(=O)C3C=C5)ccc21. The number of rotatable bonds is 1. The molecule has 2 aliphatic rings. The van der Waals surface area contributed by atoms with Crippen molar-refractivity contribution in [2.24, 2.45) is 14.1 Å². The number of Topliss-reactive ketones (excluding diaryl/α,β-unsaturated/α-hetero) is 1. The van der Waals surface area contributed by atoms with Crippen molar-refractivity contribution >= 4 is 34.5 Å². The number of phenolic OH excluding ortho intramolecular Hbond substituents is 1. The zero-order chi connectivity index (χ0) is 19.0. The summed E-state index contributed by atoms with van der Waals surface area (Å²) in [6.07, 6.45) is 3.42. The number of aromatic nitrogens is 2. The summed E-state index contributed by atoms with van der Waals surface area (Å²) in [6, 6.07) is 7.31. The van der Waals surface area contributed by atoms with Gasteiger partial charge in [0.1, 0.15) is 11.8 Å². The molecule has 0 radical (unpaired) electrons. The summed E-state index contributed by atoms with van der Waals surface area (Å²) in [6.45, 7) is 0. The van der Waals surface area contributed by atoms with E-state index >= 15 is 0 Å². The molecule has 2 aromatic carbocycles. The first-order valence-corrected chi connectivity index (χ1v) is 8.47. The first-order valence-electron chi connectivity index (χ1n) is 8.47. The summed E-state index contributed by atoms with van der Waals surface area (Å²) in [7, 11) is 3.35. The van der Waals surface area contributed by atoms with E-state index in [1.807, 2.05) is 0 Å². The number of aromatic hydroxyl groups is 1. The molecule has 5 rings (SSSR count). The van der Waals surface area contributed by atoms with Gasteiger partial charge in [-0.1, -0.05) is 12.2 Å². The number of nitrogens with zero attached hydrogens (tertiary/aromatic N) is 3. The van der Waals surface area contributed by atoms with Crippen LogP contribution in [0.2, 0.25) is 0 Å². The maximum absolute atomic E-state index is 13.2. The minimum atomic E-state index is -0.736. The predicted octanol–water partition coefficient (Wildman–Crippen LogP) is 1.82. The molecule has 1 amide bonds. The molecule has 2 bridgehead atoms. The van der Waals surface area contributed by atoms with Gasteiger partial charge in [-0.3, -0.25) is 23.6 Å². The number of phenols is 1. The number of amides is 1. The Labute approximate surface area is 153 Å². The third kappa shape index (κ3) is 1.88. The van der Waals surface area contributed by atoms with Crippen molar-refractivity contribution in [1.29, 1.82) is 0 Å². The molecule has 27 heavy (non-hydrogen) atoms. The van der Waals surface area contributed by atoms with Gasteiger partial charge in [-0.15, -0.1) is 0 Å². The van der Waals surface area contributed by atoms with Crippen molar-refractivity contribution in [3.63, 3.8) is 0 Å². The Balaban J connectivity index is 1.75. The average molecular weight is 361 g/mol. The fourth-order valence-electron chi connectivity index (χ4n) is 4.04. The van der Waals surface area contributed by atoms with Crippen LogP contribution in [0.4, 0.5) is 5.69 Å². The minimum absolute atomic E-state index is 0.0595. The van der Waals surface area contributed by atoms with E-state index in [1.165, 1.54) is 26.2 Å². The summed E-state index contributed by atoms with van der Waals surface area (Å²) >= 11 is 0. The fraction of sp³-hybridized carbons (Fsp3) is 0.150. The van der Waals surface area contributed by atoms with Crippen molar-refractivity contribution in [2.45, 2.75) is 6.04 Å². The maximum atomic E-state index is 13.2. The quantitative estimate of drug-likeness (QED) is 0.717. The molecule has 7 heteroatoms. The lowest BCUT2D eigenvalue weighted by atomic mass is 9.83. The smallest absolute Gasteiger partial charge is 0.328 e. The van der Waals surface area contributed by atoms with Crippen LogP contribution in [0.25, 0.3) is 17.1 Å². The van der Waals surface area contributed by atoms with Gasteiger partial charge < -0.3 is 5.11 Å². The molecule has 7 nitrogen and oxygen atoms in total. The van der Waals surface area contributed by atoms with Crippen molar-refractivity contribution in [2.75, 3.05) is 4.90 Å². The van der Waals surface area contributed by atoms with Crippen molar-refractivity contribution in [3.05, 3.63) is 63.6 Å². The van der Waals surface area contributed by atoms with Gasteiger partial charge in [0.15, 0.2) is 5.78 Å². The summed E-state index contributed by atoms with van der Waals surface area (Å²) in [5, 5.41) is 9.93. The second kappa shape index (κ2) is 4.97. The maximum Gasteiger partial charge on any atom is 0.328 e. The zero-order valence-corrected chi connectivity index (χ0v) is 14.6. The van der Waals surface area contributed by atoms with Gasteiger partial charge in [0, 0.05) is 25.3 Å². The highest BCUT2D eigenvalue weighted by atomic mass is 16.3. The summed E-state index contributed by atoms with van der Waals surface area (Å²) in [5.41, 5.74) is 2.87. The normalized spacial score (nSPS) is 17.9. The van der Waals surface area contributed by atoms with E-state index in [4.69, 9.17) is 0 Å². The van der Waals surface area contributed by atoms with Gasteiger partial charge in [-0.25, -0.2) is 4.79 Å². The predicted molar refractivity (Wildman–Crippen MR) is 100 cm³/mol. The van der Waals surface area contributed by atoms with Crippen LogP contribution < -0.4 is 10.6 Å². The molecule has 0 fully saturated rings. The molecule has 1 N–H and O–H groups in total. The number of hydrogen-bond donors (Lipinski definition) is 1. The highest BCUT2D eigenvalue weighted by molar-refractivity contribution is 6.26. The molecule has 2 heterocycles. The molecule has 0 spiro atoms. The Morgan fingerprint density at radius 1 is 0.963 bits per heavy atom. The molecular formula is C20H15N3O4. The molecule has 1 aliphatic heterocycles. The molecule has 0 saturated heterocycles. The number of hydrogen-bond acceptors (Lipinski definition) is 4. The van der Waals surface area contributed by atoms with E-state index in [2.05, 4.69) is 0 Å². The Morgan fingerprint density at radius 3 is 2.48 bits per heavy atom. The van der Waals surface area contributed by atoms with Gasteiger partial charge in [0.25, 0.3) is 5.91 Å². The second-order valence-corrected chi connectivity index (χ2v) is 6.87. The molecule has 3 aromatic rings. The van der Waals surface area contributed by atoms with Gasteiger partial charge >= 0.3 is 5.69 Å². The number of ketones is 1. The van der Waals surface area contributed by atoms with Crippen LogP contribution in [0, 0.1) is 0 Å². The lowest BCUT2D eigenvalue weighted by Crippen LogP contribution is -2.50. The monoisotopic (exact) mass is 361 g/mol. The van der Waals surface area contributed by atoms with E-state index in [0.29, 0.717) is 22.3 Å². The van der Waals surface area contributed by atoms with Gasteiger partial charge in [-0.05, 0) is 35.9 Å². The Hall–Kier alpha value is -3.61. The van der Waals surface area contributed by atoms with Crippen LogP contribution >= 0.6 is 0 Å². The second-order valence-electron chi connectivity index (χ2n) is 6.87. The first kappa shape index (κ1) is 15.6. The van der Waals surface area contributed by atoms with E-state index in [-0.39, 0.29) is 28.7 Å². The molecule has 134 valence electrons. The zero-order valence-electron chi connectivity index (χ0n) is 14.6. The summed E-state index contributed by atoms with van der Waals surface area (Å²) in [4.78, 5) is 39.7. The fourth-order valence-corrected chi connectivity index (χ4v) is 4.04. The Morgan fingerprint density at radius 2 is 1.70 bits per heavy atom. The molecule has 0 saturated carbocycles. The summed E-state index contributed by atoms with van der Waals surface area (Å²) < 4.78 is 3.03. The highest BCUT2D eigenvalue weighted by Crippen LogP contribution is 2.37. The number of imidazole rings is 1. The standard InChI is InChI=1S/C20H15N3O4/c1-21-14-6-4-11(8-16(14)22(2)20(21)27)23-15-5-3-10-7-12(24)9-13(19(23)26)17(10)18(15)25/h3-9,15,24H,1-2H3. The molecule has 1 aliphatic carbocycles.